The lowest BCUT2D eigenvalue weighted by molar-refractivity contribution is -0.118. The maximum absolute atomic E-state index is 12.0. The van der Waals surface area contributed by atoms with Gasteiger partial charge in [0.2, 0.25) is 0 Å². The Hall–Kier alpha value is -4.17. The fourth-order valence-corrected chi connectivity index (χ4v) is 4.01. The van der Waals surface area contributed by atoms with E-state index in [0.717, 1.165) is 5.56 Å². The number of ether oxygens (including phenoxy) is 2. The van der Waals surface area contributed by atoms with Crippen LogP contribution in [0.4, 0.5) is 11.6 Å². The Bertz CT molecular complexity index is 1350. The standard InChI is InChI=1S/C24H26N8O5/c25-22-19-23(29-12-28-22)32(13-30-19)24-21(35)20(34)16(37-24)10-26-9-14-4-6-15(7-5-14)36-11-18(33)31-17-3-1-2-8-27-17/h1-8,12-13,16,20-21,24,26,34-35H,9-11H2,(H2,25,28,29)(H,27,31,33)/t16-,20-,21-,24-/m1/s1. The van der Waals surface area contributed by atoms with Crippen molar-refractivity contribution in [2.75, 3.05) is 24.2 Å². The number of hydrogen-bond donors (Lipinski definition) is 5. The molecule has 1 aliphatic heterocycles. The van der Waals surface area contributed by atoms with E-state index < -0.39 is 24.5 Å². The van der Waals surface area contributed by atoms with Crippen LogP contribution in [-0.4, -0.2) is 72.1 Å². The van der Waals surface area contributed by atoms with Crippen LogP contribution >= 0.6 is 0 Å². The minimum Gasteiger partial charge on any atom is -0.484 e. The third-order valence-electron chi connectivity index (χ3n) is 5.90. The second-order valence-electron chi connectivity index (χ2n) is 8.46. The number of nitrogens with one attached hydrogen (secondary N) is 2. The molecule has 4 atom stereocenters. The summed E-state index contributed by atoms with van der Waals surface area (Å²) in [5.74, 6) is 0.932. The lowest BCUT2D eigenvalue weighted by Gasteiger charge is -2.16. The fourth-order valence-electron chi connectivity index (χ4n) is 4.01. The van der Waals surface area contributed by atoms with Crippen molar-refractivity contribution >= 4 is 28.7 Å². The first kappa shape index (κ1) is 24.5. The van der Waals surface area contributed by atoms with Crippen molar-refractivity contribution in [1.29, 1.82) is 0 Å². The number of anilines is 2. The van der Waals surface area contributed by atoms with Gasteiger partial charge in [-0.2, -0.15) is 0 Å². The van der Waals surface area contributed by atoms with E-state index in [1.165, 1.54) is 17.2 Å². The minimum atomic E-state index is -1.17. The summed E-state index contributed by atoms with van der Waals surface area (Å²) < 4.78 is 13.0. The first-order valence-electron chi connectivity index (χ1n) is 11.6. The van der Waals surface area contributed by atoms with Crippen LogP contribution in [0.5, 0.6) is 5.75 Å². The number of aromatic nitrogens is 5. The monoisotopic (exact) mass is 506 g/mol. The predicted molar refractivity (Wildman–Crippen MR) is 132 cm³/mol. The molecule has 5 rings (SSSR count). The highest BCUT2D eigenvalue weighted by Crippen LogP contribution is 2.31. The highest BCUT2D eigenvalue weighted by molar-refractivity contribution is 5.90. The van der Waals surface area contributed by atoms with Gasteiger partial charge in [-0.25, -0.2) is 19.9 Å². The number of fused-ring (bicyclic) bond motifs is 1. The first-order chi connectivity index (χ1) is 18.0. The number of carbonyl (C=O) groups excluding carboxylic acids is 1. The van der Waals surface area contributed by atoms with Gasteiger partial charge in [0.15, 0.2) is 24.3 Å². The van der Waals surface area contributed by atoms with E-state index in [9.17, 15) is 15.0 Å². The van der Waals surface area contributed by atoms with E-state index in [4.69, 9.17) is 15.2 Å². The molecule has 0 spiro atoms. The van der Waals surface area contributed by atoms with Gasteiger partial charge in [0.1, 0.15) is 41.7 Å². The molecule has 13 nitrogen and oxygen atoms in total. The van der Waals surface area contributed by atoms with Crippen molar-refractivity contribution in [1.82, 2.24) is 29.8 Å². The number of nitrogens with zero attached hydrogens (tertiary/aromatic N) is 5. The Kier molecular flexibility index (Phi) is 7.18. The quantitative estimate of drug-likeness (QED) is 0.209. The molecule has 0 unspecified atom stereocenters. The van der Waals surface area contributed by atoms with Gasteiger partial charge in [-0.15, -0.1) is 0 Å². The lowest BCUT2D eigenvalue weighted by atomic mass is 10.1. The number of benzene rings is 1. The van der Waals surface area contributed by atoms with E-state index in [-0.39, 0.29) is 18.3 Å². The highest BCUT2D eigenvalue weighted by atomic mass is 16.6. The van der Waals surface area contributed by atoms with Gasteiger partial charge in [-0.3, -0.25) is 9.36 Å². The molecule has 4 aromatic rings. The highest BCUT2D eigenvalue weighted by Gasteiger charge is 2.44. The van der Waals surface area contributed by atoms with Crippen LogP contribution in [0.15, 0.2) is 61.3 Å². The van der Waals surface area contributed by atoms with Crippen LogP contribution < -0.4 is 21.1 Å². The summed E-state index contributed by atoms with van der Waals surface area (Å²) in [5, 5.41) is 27.0. The third-order valence-corrected chi connectivity index (χ3v) is 5.90. The smallest absolute Gasteiger partial charge is 0.263 e. The molecule has 1 aliphatic rings. The van der Waals surface area contributed by atoms with Crippen molar-refractivity contribution in [3.8, 4) is 5.75 Å². The molecule has 1 saturated heterocycles. The molecule has 1 aromatic carbocycles. The Morgan fingerprint density at radius 2 is 1.92 bits per heavy atom. The average Bonchev–Trinajstić information content (AvgIpc) is 3.46. The molecule has 0 saturated carbocycles. The number of nitrogen functional groups attached to an aromatic ring is 1. The number of carbonyl (C=O) groups is 1. The maximum Gasteiger partial charge on any atom is 0.263 e. The molecular weight excluding hydrogens is 480 g/mol. The normalized spacial score (nSPS) is 21.2. The van der Waals surface area contributed by atoms with E-state index in [1.807, 2.05) is 12.1 Å². The number of rotatable bonds is 9. The zero-order valence-corrected chi connectivity index (χ0v) is 19.6. The van der Waals surface area contributed by atoms with Gasteiger partial charge in [-0.05, 0) is 29.8 Å². The van der Waals surface area contributed by atoms with Crippen LogP contribution in [0.25, 0.3) is 11.2 Å². The zero-order valence-electron chi connectivity index (χ0n) is 19.6. The first-order valence-corrected chi connectivity index (χ1v) is 11.6. The molecule has 192 valence electrons. The Morgan fingerprint density at radius 1 is 1.08 bits per heavy atom. The summed E-state index contributed by atoms with van der Waals surface area (Å²) in [7, 11) is 0. The zero-order chi connectivity index (χ0) is 25.8. The molecule has 0 aliphatic carbocycles. The van der Waals surface area contributed by atoms with Gasteiger partial charge < -0.3 is 36.1 Å². The number of pyridine rings is 1. The summed E-state index contributed by atoms with van der Waals surface area (Å²) in [6, 6.07) is 12.5. The average molecular weight is 507 g/mol. The van der Waals surface area contributed by atoms with Gasteiger partial charge in [-0.1, -0.05) is 18.2 Å². The Morgan fingerprint density at radius 3 is 2.70 bits per heavy atom. The molecule has 1 amide bonds. The number of aliphatic hydroxyl groups is 2. The van der Waals surface area contributed by atoms with Crippen LogP contribution in [0.1, 0.15) is 11.8 Å². The molecule has 3 aromatic heterocycles. The molecular formula is C24H26N8O5. The molecule has 37 heavy (non-hydrogen) atoms. The van der Waals surface area contributed by atoms with E-state index in [1.54, 1.807) is 36.5 Å². The molecule has 1 fully saturated rings. The van der Waals surface area contributed by atoms with Crippen LogP contribution in [0.2, 0.25) is 0 Å². The summed E-state index contributed by atoms with van der Waals surface area (Å²) in [6.07, 6.45) is 0.548. The fraction of sp³-hybridized carbons (Fsp3) is 0.292. The van der Waals surface area contributed by atoms with E-state index >= 15 is 0 Å². The Labute approximate surface area is 211 Å². The molecule has 13 heteroatoms. The molecule has 4 heterocycles. The topological polar surface area (TPSA) is 183 Å². The van der Waals surface area contributed by atoms with Crippen LogP contribution in [-0.2, 0) is 16.1 Å². The number of amides is 1. The maximum atomic E-state index is 12.0. The van der Waals surface area contributed by atoms with Crippen LogP contribution in [0.3, 0.4) is 0 Å². The lowest BCUT2D eigenvalue weighted by Crippen LogP contribution is -2.37. The van der Waals surface area contributed by atoms with Crippen molar-refractivity contribution < 1.29 is 24.5 Å². The third kappa shape index (κ3) is 5.49. The predicted octanol–water partition coefficient (Wildman–Crippen LogP) is 0.230. The summed E-state index contributed by atoms with van der Waals surface area (Å²) in [5.41, 5.74) is 7.60. The molecule has 6 N–H and O–H groups in total. The van der Waals surface area contributed by atoms with Crippen molar-refractivity contribution in [2.24, 2.45) is 0 Å². The minimum absolute atomic E-state index is 0.139. The van der Waals surface area contributed by atoms with Crippen LogP contribution in [0, 0.1) is 0 Å². The number of imidazole rings is 1. The van der Waals surface area contributed by atoms with Gasteiger partial charge in [0, 0.05) is 19.3 Å². The summed E-state index contributed by atoms with van der Waals surface area (Å²) in [6.45, 7) is 0.648. The van der Waals surface area contributed by atoms with Crippen molar-refractivity contribution in [3.05, 3.63) is 66.9 Å². The van der Waals surface area contributed by atoms with Crippen molar-refractivity contribution in [2.45, 2.75) is 31.1 Å². The SMILES string of the molecule is Nc1ncnc2c1ncn2[C@@H]1O[C@H](CNCc2ccc(OCC(=O)Nc3ccccn3)cc2)[C@@H](O)[C@H]1O. The second kappa shape index (κ2) is 10.8. The summed E-state index contributed by atoms with van der Waals surface area (Å²) in [4.78, 5) is 28.3. The van der Waals surface area contributed by atoms with Gasteiger partial charge >= 0.3 is 0 Å². The largest absolute Gasteiger partial charge is 0.484 e. The Balaban J connectivity index is 1.10. The molecule has 0 bridgehead atoms. The van der Waals surface area contributed by atoms with Crippen molar-refractivity contribution in [3.63, 3.8) is 0 Å². The number of nitrogens with two attached hydrogens (primary N) is 1. The molecule has 0 radical (unpaired) electrons. The second-order valence-corrected chi connectivity index (χ2v) is 8.46. The summed E-state index contributed by atoms with van der Waals surface area (Å²) >= 11 is 0. The van der Waals surface area contributed by atoms with Gasteiger partial charge in [0.25, 0.3) is 5.91 Å². The number of aliphatic hydroxyl groups excluding tert-OH is 2. The van der Waals surface area contributed by atoms with E-state index in [0.29, 0.717) is 35.8 Å². The number of hydrogen-bond acceptors (Lipinski definition) is 11. The van der Waals surface area contributed by atoms with Gasteiger partial charge in [0.05, 0.1) is 6.33 Å². The van der Waals surface area contributed by atoms with E-state index in [2.05, 4.69) is 30.6 Å².